The number of nitrogens with zero attached hydrogens (tertiary/aromatic N) is 2. The van der Waals surface area contributed by atoms with Crippen molar-refractivity contribution < 1.29 is 4.52 Å². The first kappa shape index (κ1) is 11.4. The number of hydrogen-bond donors (Lipinski definition) is 0. The van der Waals surface area contributed by atoms with Gasteiger partial charge in [-0.1, -0.05) is 43.3 Å². The van der Waals surface area contributed by atoms with E-state index in [2.05, 4.69) is 31.1 Å². The predicted octanol–water partition coefficient (Wildman–Crippen LogP) is 3.73. The number of hydrogen-bond acceptors (Lipinski definition) is 3. The summed E-state index contributed by atoms with van der Waals surface area (Å²) in [4.78, 5) is 0. The molecule has 0 aliphatic carbocycles. The second-order valence-electron chi connectivity index (χ2n) is 4.12. The summed E-state index contributed by atoms with van der Waals surface area (Å²) in [6.45, 7) is 4.38. The molecule has 0 aliphatic heterocycles. The van der Waals surface area contributed by atoms with Gasteiger partial charge in [0.15, 0.2) is 11.5 Å². The van der Waals surface area contributed by atoms with Gasteiger partial charge in [0.1, 0.15) is 6.07 Å². The average molecular weight is 226 g/mol. The van der Waals surface area contributed by atoms with E-state index in [0.29, 0.717) is 17.4 Å². The van der Waals surface area contributed by atoms with E-state index in [0.717, 1.165) is 12.0 Å². The molecule has 2 rings (SSSR count). The van der Waals surface area contributed by atoms with Crippen molar-refractivity contribution in [2.45, 2.75) is 26.2 Å². The molecule has 3 heteroatoms. The van der Waals surface area contributed by atoms with Crippen LogP contribution in [0.15, 0.2) is 34.9 Å². The van der Waals surface area contributed by atoms with Crippen molar-refractivity contribution in [2.75, 3.05) is 0 Å². The van der Waals surface area contributed by atoms with Gasteiger partial charge in [0.05, 0.1) is 0 Å². The standard InChI is InChI=1S/C14H14N2O/c1-3-10(2)11-4-6-12(7-5-11)14-8-13(9-15)16-17-14/h4-8,10H,3H2,1-2H3. The van der Waals surface area contributed by atoms with Crippen molar-refractivity contribution in [1.82, 2.24) is 5.16 Å². The molecule has 17 heavy (non-hydrogen) atoms. The summed E-state index contributed by atoms with van der Waals surface area (Å²) in [5, 5.41) is 12.3. The molecule has 0 saturated heterocycles. The van der Waals surface area contributed by atoms with E-state index >= 15 is 0 Å². The zero-order valence-electron chi connectivity index (χ0n) is 9.97. The summed E-state index contributed by atoms with van der Waals surface area (Å²) in [6, 6.07) is 11.8. The Kier molecular flexibility index (Phi) is 3.24. The van der Waals surface area contributed by atoms with Crippen LogP contribution in [0.25, 0.3) is 11.3 Å². The second kappa shape index (κ2) is 4.84. The number of aromatic nitrogens is 1. The van der Waals surface area contributed by atoms with Gasteiger partial charge in [-0.05, 0) is 17.9 Å². The normalized spacial score (nSPS) is 12.1. The van der Waals surface area contributed by atoms with Crippen LogP contribution in [-0.2, 0) is 0 Å². The molecular formula is C14H14N2O. The molecule has 1 atom stereocenters. The van der Waals surface area contributed by atoms with Crippen molar-refractivity contribution in [1.29, 1.82) is 5.26 Å². The van der Waals surface area contributed by atoms with Gasteiger partial charge in [0, 0.05) is 11.6 Å². The van der Waals surface area contributed by atoms with Gasteiger partial charge < -0.3 is 4.52 Å². The zero-order valence-corrected chi connectivity index (χ0v) is 9.97. The highest BCUT2D eigenvalue weighted by atomic mass is 16.5. The summed E-state index contributed by atoms with van der Waals surface area (Å²) in [5.74, 6) is 1.20. The summed E-state index contributed by atoms with van der Waals surface area (Å²) >= 11 is 0. The van der Waals surface area contributed by atoms with Crippen LogP contribution >= 0.6 is 0 Å². The van der Waals surface area contributed by atoms with E-state index in [1.165, 1.54) is 5.56 Å². The lowest BCUT2D eigenvalue weighted by Gasteiger charge is -2.08. The lowest BCUT2D eigenvalue weighted by Crippen LogP contribution is -1.90. The lowest BCUT2D eigenvalue weighted by atomic mass is 9.97. The largest absolute Gasteiger partial charge is 0.355 e. The molecule has 1 aromatic carbocycles. The van der Waals surface area contributed by atoms with Gasteiger partial charge in [-0.15, -0.1) is 0 Å². The number of benzene rings is 1. The van der Waals surface area contributed by atoms with Crippen LogP contribution in [0.4, 0.5) is 0 Å². The molecule has 0 N–H and O–H groups in total. The molecule has 1 aromatic heterocycles. The van der Waals surface area contributed by atoms with Crippen LogP contribution in [-0.4, -0.2) is 5.16 Å². The van der Waals surface area contributed by atoms with E-state index in [1.54, 1.807) is 6.07 Å². The fourth-order valence-corrected chi connectivity index (χ4v) is 1.68. The highest BCUT2D eigenvalue weighted by Crippen LogP contribution is 2.24. The molecule has 86 valence electrons. The van der Waals surface area contributed by atoms with Crippen LogP contribution in [0.2, 0.25) is 0 Å². The van der Waals surface area contributed by atoms with Crippen LogP contribution in [0.1, 0.15) is 37.4 Å². The average Bonchev–Trinajstić information content (AvgIpc) is 2.87. The van der Waals surface area contributed by atoms with Gasteiger partial charge in [-0.2, -0.15) is 5.26 Å². The van der Waals surface area contributed by atoms with Gasteiger partial charge in [0.25, 0.3) is 0 Å². The van der Waals surface area contributed by atoms with Crippen LogP contribution in [0, 0.1) is 11.3 Å². The molecular weight excluding hydrogens is 212 g/mol. The van der Waals surface area contributed by atoms with Crippen molar-refractivity contribution in [3.8, 4) is 17.4 Å². The molecule has 0 saturated carbocycles. The fraction of sp³-hybridized carbons (Fsp3) is 0.286. The third kappa shape index (κ3) is 2.36. The van der Waals surface area contributed by atoms with Crippen LogP contribution < -0.4 is 0 Å². The third-order valence-electron chi connectivity index (χ3n) is 3.00. The molecule has 0 bridgehead atoms. The maximum absolute atomic E-state index is 8.67. The van der Waals surface area contributed by atoms with Gasteiger partial charge >= 0.3 is 0 Å². The van der Waals surface area contributed by atoms with E-state index in [-0.39, 0.29) is 0 Å². The summed E-state index contributed by atoms with van der Waals surface area (Å²) < 4.78 is 5.10. The first-order valence-corrected chi connectivity index (χ1v) is 5.71. The molecule has 1 unspecified atom stereocenters. The van der Waals surface area contributed by atoms with Crippen molar-refractivity contribution in [2.24, 2.45) is 0 Å². The topological polar surface area (TPSA) is 49.8 Å². The van der Waals surface area contributed by atoms with Crippen LogP contribution in [0.3, 0.4) is 0 Å². The Balaban J connectivity index is 2.26. The fourth-order valence-electron chi connectivity index (χ4n) is 1.68. The maximum Gasteiger partial charge on any atom is 0.184 e. The first-order chi connectivity index (χ1) is 8.24. The van der Waals surface area contributed by atoms with Gasteiger partial charge in [-0.25, -0.2) is 0 Å². The molecule has 3 nitrogen and oxygen atoms in total. The van der Waals surface area contributed by atoms with Crippen molar-refractivity contribution in [3.63, 3.8) is 0 Å². The van der Waals surface area contributed by atoms with Crippen molar-refractivity contribution in [3.05, 3.63) is 41.6 Å². The molecule has 0 aliphatic rings. The highest BCUT2D eigenvalue weighted by Gasteiger charge is 2.07. The summed E-state index contributed by atoms with van der Waals surface area (Å²) in [5.41, 5.74) is 2.58. The zero-order chi connectivity index (χ0) is 12.3. The van der Waals surface area contributed by atoms with Gasteiger partial charge in [-0.3, -0.25) is 0 Å². The van der Waals surface area contributed by atoms with Gasteiger partial charge in [0.2, 0.25) is 0 Å². The highest BCUT2D eigenvalue weighted by molar-refractivity contribution is 5.58. The maximum atomic E-state index is 8.67. The minimum atomic E-state index is 0.311. The molecule has 1 heterocycles. The van der Waals surface area contributed by atoms with E-state index in [9.17, 15) is 0 Å². The molecule has 2 aromatic rings. The number of nitriles is 1. The quantitative estimate of drug-likeness (QED) is 0.801. The van der Waals surface area contributed by atoms with E-state index < -0.39 is 0 Å². The Morgan fingerprint density at radius 3 is 2.59 bits per heavy atom. The summed E-state index contributed by atoms with van der Waals surface area (Å²) in [7, 11) is 0. The van der Waals surface area contributed by atoms with E-state index in [4.69, 9.17) is 9.78 Å². The van der Waals surface area contributed by atoms with E-state index in [1.807, 2.05) is 18.2 Å². The monoisotopic (exact) mass is 226 g/mol. The Morgan fingerprint density at radius 1 is 1.35 bits per heavy atom. The second-order valence-corrected chi connectivity index (χ2v) is 4.12. The minimum absolute atomic E-state index is 0.311. The predicted molar refractivity (Wildman–Crippen MR) is 65.4 cm³/mol. The van der Waals surface area contributed by atoms with Crippen LogP contribution in [0.5, 0.6) is 0 Å². The molecule has 0 radical (unpaired) electrons. The lowest BCUT2D eigenvalue weighted by molar-refractivity contribution is 0.430. The Bertz CT molecular complexity index is 534. The molecule has 0 spiro atoms. The Morgan fingerprint density at radius 2 is 2.06 bits per heavy atom. The third-order valence-corrected chi connectivity index (χ3v) is 3.00. The first-order valence-electron chi connectivity index (χ1n) is 5.71. The molecule has 0 amide bonds. The molecule has 0 fully saturated rings. The Labute approximate surface area is 101 Å². The summed E-state index contributed by atoms with van der Waals surface area (Å²) in [6.07, 6.45) is 1.13. The van der Waals surface area contributed by atoms with Crippen molar-refractivity contribution >= 4 is 0 Å². The smallest absolute Gasteiger partial charge is 0.184 e. The minimum Gasteiger partial charge on any atom is -0.355 e. The Hall–Kier alpha value is -2.08. The SMILES string of the molecule is CCC(C)c1ccc(-c2cc(C#N)no2)cc1. The number of rotatable bonds is 3.